The van der Waals surface area contributed by atoms with E-state index in [9.17, 15) is 9.90 Å². The van der Waals surface area contributed by atoms with Gasteiger partial charge in [0.2, 0.25) is 0 Å². The summed E-state index contributed by atoms with van der Waals surface area (Å²) in [5.74, 6) is -1.21. The van der Waals surface area contributed by atoms with Gasteiger partial charge in [-0.15, -0.1) is 0 Å². The zero-order valence-electron chi connectivity index (χ0n) is 5.73. The zero-order chi connectivity index (χ0) is 8.10. The van der Waals surface area contributed by atoms with E-state index < -0.39 is 5.97 Å². The fourth-order valence-corrected chi connectivity index (χ4v) is 0.628. The van der Waals surface area contributed by atoms with Crippen LogP contribution in [0.3, 0.4) is 0 Å². The van der Waals surface area contributed by atoms with Crippen molar-refractivity contribution in [3.05, 3.63) is 36.2 Å². The molecule has 0 aromatic carbocycles. The minimum Gasteiger partial charge on any atom is -0.545 e. The summed E-state index contributed by atoms with van der Waals surface area (Å²) in [6.07, 6.45) is 3.92. The number of rotatable bonds is 2. The number of aromatic nitrogens is 1. The Balaban J connectivity index is 2.72. The van der Waals surface area contributed by atoms with E-state index in [0.717, 1.165) is 6.08 Å². The normalized spacial score (nSPS) is 10.2. The summed E-state index contributed by atoms with van der Waals surface area (Å²) in [5.41, 5.74) is 0.608. The van der Waals surface area contributed by atoms with Gasteiger partial charge in [0.1, 0.15) is 0 Å². The summed E-state index contributed by atoms with van der Waals surface area (Å²) in [5, 5.41) is 9.95. The summed E-state index contributed by atoms with van der Waals surface area (Å²) < 4.78 is 0. The van der Waals surface area contributed by atoms with E-state index in [-0.39, 0.29) is 0 Å². The number of pyridine rings is 1. The Kier molecular flexibility index (Phi) is 2.38. The van der Waals surface area contributed by atoms with Gasteiger partial charge in [-0.05, 0) is 24.3 Å². The van der Waals surface area contributed by atoms with Crippen LogP contribution in [0, 0.1) is 0 Å². The molecule has 1 rings (SSSR count). The highest BCUT2D eigenvalue weighted by Gasteiger charge is 1.82. The largest absolute Gasteiger partial charge is 0.545 e. The number of nitrogens with zero attached hydrogens (tertiary/aromatic N) is 1. The van der Waals surface area contributed by atoms with Crippen LogP contribution >= 0.6 is 0 Å². The van der Waals surface area contributed by atoms with Crippen molar-refractivity contribution in [1.29, 1.82) is 0 Å². The molecule has 0 fully saturated rings. The van der Waals surface area contributed by atoms with Gasteiger partial charge in [0.25, 0.3) is 0 Å². The third-order valence-corrected chi connectivity index (χ3v) is 1.08. The monoisotopic (exact) mass is 148 g/mol. The van der Waals surface area contributed by atoms with Gasteiger partial charge in [-0.2, -0.15) is 0 Å². The van der Waals surface area contributed by atoms with Crippen LogP contribution in [-0.2, 0) is 4.79 Å². The molecule has 0 aliphatic carbocycles. The fraction of sp³-hybridized carbons (Fsp3) is 0. The average molecular weight is 148 g/mol. The maximum atomic E-state index is 9.95. The summed E-state index contributed by atoms with van der Waals surface area (Å²) in [6.45, 7) is 0. The number of carboxylic acid groups (broad SMARTS) is 1. The molecule has 0 N–H and O–H groups in total. The molecule has 3 nitrogen and oxygen atoms in total. The summed E-state index contributed by atoms with van der Waals surface area (Å²) in [6, 6.07) is 5.25. The summed E-state index contributed by atoms with van der Waals surface area (Å²) in [4.78, 5) is 13.8. The van der Waals surface area contributed by atoms with Gasteiger partial charge in [0, 0.05) is 6.20 Å². The molecular weight excluding hydrogens is 142 g/mol. The Morgan fingerprint density at radius 1 is 1.55 bits per heavy atom. The topological polar surface area (TPSA) is 53.0 Å². The van der Waals surface area contributed by atoms with Gasteiger partial charge >= 0.3 is 0 Å². The molecule has 0 aliphatic heterocycles. The molecule has 0 saturated heterocycles. The molecule has 1 heterocycles. The van der Waals surface area contributed by atoms with Crippen LogP contribution in [0.4, 0.5) is 0 Å². The molecule has 0 amide bonds. The first-order chi connectivity index (χ1) is 5.29. The van der Waals surface area contributed by atoms with E-state index in [1.165, 1.54) is 6.08 Å². The molecular formula is C8H6NO2-. The lowest BCUT2D eigenvalue weighted by Crippen LogP contribution is -2.18. The third-order valence-electron chi connectivity index (χ3n) is 1.08. The molecule has 11 heavy (non-hydrogen) atoms. The highest BCUT2D eigenvalue weighted by Crippen LogP contribution is 1.94. The highest BCUT2D eigenvalue weighted by atomic mass is 16.4. The van der Waals surface area contributed by atoms with Crippen LogP contribution in [0.1, 0.15) is 5.69 Å². The zero-order valence-corrected chi connectivity index (χ0v) is 5.73. The Morgan fingerprint density at radius 3 is 2.91 bits per heavy atom. The number of carbonyl (C=O) groups excluding carboxylic acids is 1. The van der Waals surface area contributed by atoms with Crippen molar-refractivity contribution >= 4 is 12.0 Å². The van der Waals surface area contributed by atoms with Gasteiger partial charge in [0.05, 0.1) is 11.7 Å². The van der Waals surface area contributed by atoms with Crippen LogP contribution < -0.4 is 5.11 Å². The maximum Gasteiger partial charge on any atom is 0.0643 e. The second kappa shape index (κ2) is 3.51. The van der Waals surface area contributed by atoms with Crippen LogP contribution in [0.25, 0.3) is 6.08 Å². The molecule has 0 saturated carbocycles. The molecule has 0 radical (unpaired) electrons. The minimum absolute atomic E-state index is 0.608. The van der Waals surface area contributed by atoms with Crippen molar-refractivity contribution in [2.24, 2.45) is 0 Å². The first-order valence-electron chi connectivity index (χ1n) is 3.09. The first kappa shape index (κ1) is 7.47. The van der Waals surface area contributed by atoms with Gasteiger partial charge < -0.3 is 9.90 Å². The lowest BCUT2D eigenvalue weighted by atomic mass is 10.3. The van der Waals surface area contributed by atoms with Gasteiger partial charge in [-0.3, -0.25) is 4.98 Å². The molecule has 0 unspecified atom stereocenters. The number of hydrogen-bond donors (Lipinski definition) is 0. The predicted molar refractivity (Wildman–Crippen MR) is 38.3 cm³/mol. The molecule has 0 aliphatic rings. The van der Waals surface area contributed by atoms with Crippen LogP contribution in [0.5, 0.6) is 0 Å². The van der Waals surface area contributed by atoms with Gasteiger partial charge in [-0.25, -0.2) is 0 Å². The number of hydrogen-bond acceptors (Lipinski definition) is 3. The molecule has 1 aromatic rings. The first-order valence-corrected chi connectivity index (χ1v) is 3.09. The van der Waals surface area contributed by atoms with Crippen molar-refractivity contribution in [2.75, 3.05) is 0 Å². The van der Waals surface area contributed by atoms with Gasteiger partial charge in [-0.1, -0.05) is 6.07 Å². The van der Waals surface area contributed by atoms with Crippen molar-refractivity contribution in [1.82, 2.24) is 4.98 Å². The SMILES string of the molecule is O=C([O-])/C=C/c1ccccn1. The van der Waals surface area contributed by atoms with E-state index in [1.807, 2.05) is 0 Å². The summed E-state index contributed by atoms with van der Waals surface area (Å²) >= 11 is 0. The van der Waals surface area contributed by atoms with Crippen LogP contribution in [0.15, 0.2) is 30.5 Å². The third kappa shape index (κ3) is 2.62. The Bertz CT molecular complexity index is 267. The van der Waals surface area contributed by atoms with Crippen LogP contribution in [0.2, 0.25) is 0 Å². The van der Waals surface area contributed by atoms with Crippen molar-refractivity contribution in [2.45, 2.75) is 0 Å². The van der Waals surface area contributed by atoms with Crippen molar-refractivity contribution in [3.63, 3.8) is 0 Å². The molecule has 0 bridgehead atoms. The van der Waals surface area contributed by atoms with Crippen molar-refractivity contribution < 1.29 is 9.90 Å². The Hall–Kier alpha value is -1.64. The predicted octanol–water partition coefficient (Wildman–Crippen LogP) is -0.155. The van der Waals surface area contributed by atoms with E-state index >= 15 is 0 Å². The average Bonchev–Trinajstić information content (AvgIpc) is 2.03. The fourth-order valence-electron chi connectivity index (χ4n) is 0.628. The second-order valence-corrected chi connectivity index (χ2v) is 1.91. The lowest BCUT2D eigenvalue weighted by Gasteiger charge is -1.91. The smallest absolute Gasteiger partial charge is 0.0643 e. The number of carbonyl (C=O) groups is 1. The van der Waals surface area contributed by atoms with E-state index in [1.54, 1.807) is 24.4 Å². The van der Waals surface area contributed by atoms with E-state index in [0.29, 0.717) is 5.69 Å². The Labute approximate surface area is 64.0 Å². The standard InChI is InChI=1S/C8H7NO2/c10-8(11)5-4-7-3-1-2-6-9-7/h1-6H,(H,10,11)/p-1/b5-4+. The van der Waals surface area contributed by atoms with Crippen LogP contribution in [-0.4, -0.2) is 11.0 Å². The molecule has 0 atom stereocenters. The molecule has 0 spiro atoms. The lowest BCUT2D eigenvalue weighted by molar-refractivity contribution is -0.297. The molecule has 56 valence electrons. The number of carboxylic acids is 1. The van der Waals surface area contributed by atoms with Crippen molar-refractivity contribution in [3.8, 4) is 0 Å². The maximum absolute atomic E-state index is 9.95. The highest BCUT2D eigenvalue weighted by molar-refractivity contribution is 5.83. The molecule has 1 aromatic heterocycles. The quantitative estimate of drug-likeness (QED) is 0.548. The summed E-state index contributed by atoms with van der Waals surface area (Å²) in [7, 11) is 0. The minimum atomic E-state index is -1.21. The van der Waals surface area contributed by atoms with Gasteiger partial charge in [0.15, 0.2) is 0 Å². The van der Waals surface area contributed by atoms with E-state index in [2.05, 4.69) is 4.98 Å². The molecule has 3 heteroatoms. The Morgan fingerprint density at radius 2 is 2.36 bits per heavy atom. The second-order valence-electron chi connectivity index (χ2n) is 1.91. The number of aliphatic carboxylic acids is 1. The van der Waals surface area contributed by atoms with E-state index in [4.69, 9.17) is 0 Å².